The van der Waals surface area contributed by atoms with Crippen LogP contribution in [-0.4, -0.2) is 30.6 Å². The summed E-state index contributed by atoms with van der Waals surface area (Å²) in [6, 6.07) is 6.73. The summed E-state index contributed by atoms with van der Waals surface area (Å²) in [6.07, 6.45) is 4.03. The van der Waals surface area contributed by atoms with Crippen molar-refractivity contribution < 1.29 is 23.0 Å². The summed E-state index contributed by atoms with van der Waals surface area (Å²) in [4.78, 5) is 15.8. The number of hydrogen-bond donors (Lipinski definition) is 0. The zero-order valence-corrected chi connectivity index (χ0v) is 16.0. The molecule has 1 atom stereocenters. The molecule has 0 unspecified atom stereocenters. The number of benzene rings is 1. The van der Waals surface area contributed by atoms with Crippen molar-refractivity contribution >= 4 is 23.3 Å². The van der Waals surface area contributed by atoms with Gasteiger partial charge in [0.2, 0.25) is 5.91 Å². The third-order valence-electron chi connectivity index (χ3n) is 4.46. The molecule has 1 aromatic heterocycles. The average molecular weight is 393 g/mol. The van der Waals surface area contributed by atoms with Crippen molar-refractivity contribution in [3.05, 3.63) is 51.7 Å². The largest absolute Gasteiger partial charge is 0.490 e. The minimum absolute atomic E-state index is 0.0232. The maximum absolute atomic E-state index is 12.6. The first-order valence-electron chi connectivity index (χ1n) is 8.76. The minimum atomic E-state index is -2.92. The Morgan fingerprint density at radius 1 is 1.37 bits per heavy atom. The molecule has 1 aliphatic rings. The summed E-state index contributed by atoms with van der Waals surface area (Å²) in [7, 11) is 0. The van der Waals surface area contributed by atoms with Gasteiger partial charge in [0.25, 0.3) is 0 Å². The van der Waals surface area contributed by atoms with E-state index >= 15 is 0 Å². The molecule has 0 bridgehead atoms. The predicted octanol–water partition coefficient (Wildman–Crippen LogP) is 4.91. The number of halogens is 2. The molecule has 144 valence electrons. The SMILES string of the molecule is CCOc1cc(/C=C/C(=O)N2CCc3sccc3[C@H]2C)ccc1OC(F)F. The quantitative estimate of drug-likeness (QED) is 0.655. The highest BCUT2D eigenvalue weighted by Crippen LogP contribution is 2.33. The van der Waals surface area contributed by atoms with Gasteiger partial charge in [-0.15, -0.1) is 11.3 Å². The van der Waals surface area contributed by atoms with Crippen LogP contribution in [0.2, 0.25) is 0 Å². The van der Waals surface area contributed by atoms with Gasteiger partial charge in [-0.2, -0.15) is 8.78 Å². The van der Waals surface area contributed by atoms with Crippen LogP contribution in [0.25, 0.3) is 6.08 Å². The van der Waals surface area contributed by atoms with Gasteiger partial charge in [-0.1, -0.05) is 6.07 Å². The van der Waals surface area contributed by atoms with Crippen LogP contribution in [0.3, 0.4) is 0 Å². The molecular weight excluding hydrogens is 372 g/mol. The van der Waals surface area contributed by atoms with E-state index in [-0.39, 0.29) is 23.4 Å². The van der Waals surface area contributed by atoms with Gasteiger partial charge in [-0.3, -0.25) is 4.79 Å². The van der Waals surface area contributed by atoms with Crippen molar-refractivity contribution in [1.29, 1.82) is 0 Å². The lowest BCUT2D eigenvalue weighted by Gasteiger charge is -2.32. The van der Waals surface area contributed by atoms with Crippen LogP contribution in [0.15, 0.2) is 35.7 Å². The molecule has 0 fully saturated rings. The molecular formula is C20H21F2NO3S. The molecule has 0 saturated heterocycles. The van der Waals surface area contributed by atoms with Crippen LogP contribution in [0.5, 0.6) is 11.5 Å². The van der Waals surface area contributed by atoms with E-state index in [0.717, 1.165) is 6.42 Å². The lowest BCUT2D eigenvalue weighted by atomic mass is 10.0. The molecule has 0 saturated carbocycles. The van der Waals surface area contributed by atoms with Gasteiger partial charge in [0, 0.05) is 17.5 Å². The highest BCUT2D eigenvalue weighted by Gasteiger charge is 2.27. The Balaban J connectivity index is 1.73. The van der Waals surface area contributed by atoms with Gasteiger partial charge in [0.05, 0.1) is 12.6 Å². The van der Waals surface area contributed by atoms with E-state index in [9.17, 15) is 13.6 Å². The van der Waals surface area contributed by atoms with Crippen LogP contribution in [-0.2, 0) is 11.2 Å². The van der Waals surface area contributed by atoms with E-state index in [0.29, 0.717) is 18.7 Å². The predicted molar refractivity (Wildman–Crippen MR) is 101 cm³/mol. The standard InChI is InChI=1S/C20H21F2NO3S/c1-3-25-17-12-14(4-6-16(17)26-20(21)22)5-7-19(24)23-10-8-18-15(13(23)2)9-11-27-18/h4-7,9,11-13,20H,3,8,10H2,1-2H3/b7-5+/t13-/m1/s1. The fourth-order valence-corrected chi connectivity index (χ4v) is 4.13. The minimum Gasteiger partial charge on any atom is -0.490 e. The fourth-order valence-electron chi connectivity index (χ4n) is 3.16. The summed E-state index contributed by atoms with van der Waals surface area (Å²) >= 11 is 1.73. The van der Waals surface area contributed by atoms with E-state index in [1.807, 2.05) is 11.8 Å². The van der Waals surface area contributed by atoms with E-state index < -0.39 is 6.61 Å². The van der Waals surface area contributed by atoms with Crippen LogP contribution in [0, 0.1) is 0 Å². The van der Waals surface area contributed by atoms with Crippen LogP contribution in [0.1, 0.15) is 35.9 Å². The zero-order chi connectivity index (χ0) is 19.4. The van der Waals surface area contributed by atoms with Crippen molar-refractivity contribution in [3.8, 4) is 11.5 Å². The van der Waals surface area contributed by atoms with Gasteiger partial charge in [0.15, 0.2) is 11.5 Å². The Labute approximate surface area is 161 Å². The number of nitrogens with zero attached hydrogens (tertiary/aromatic N) is 1. The number of carbonyl (C=O) groups is 1. The first kappa shape index (κ1) is 19.4. The van der Waals surface area contributed by atoms with Gasteiger partial charge in [-0.25, -0.2) is 0 Å². The zero-order valence-electron chi connectivity index (χ0n) is 15.2. The molecule has 0 spiro atoms. The summed E-state index contributed by atoms with van der Waals surface area (Å²) < 4.78 is 34.8. The molecule has 4 nitrogen and oxygen atoms in total. The third kappa shape index (κ3) is 4.47. The van der Waals surface area contributed by atoms with Crippen molar-refractivity contribution in [3.63, 3.8) is 0 Å². The van der Waals surface area contributed by atoms with Crippen LogP contribution >= 0.6 is 11.3 Å². The second-order valence-corrected chi connectivity index (χ2v) is 7.11. The maximum atomic E-state index is 12.6. The Bertz CT molecular complexity index is 834. The van der Waals surface area contributed by atoms with Crippen molar-refractivity contribution in [1.82, 2.24) is 4.90 Å². The van der Waals surface area contributed by atoms with E-state index in [1.54, 1.807) is 36.5 Å². The molecule has 2 aromatic rings. The monoisotopic (exact) mass is 393 g/mol. The van der Waals surface area contributed by atoms with Crippen molar-refractivity contribution in [2.45, 2.75) is 32.9 Å². The molecule has 2 heterocycles. The number of amides is 1. The fraction of sp³-hybridized carbons (Fsp3) is 0.350. The van der Waals surface area contributed by atoms with Gasteiger partial charge >= 0.3 is 6.61 Å². The molecule has 7 heteroatoms. The molecule has 0 N–H and O–H groups in total. The topological polar surface area (TPSA) is 38.8 Å². The molecule has 3 rings (SSSR count). The second kappa shape index (κ2) is 8.52. The number of alkyl halides is 2. The van der Waals surface area contributed by atoms with E-state index in [4.69, 9.17) is 4.74 Å². The summed E-state index contributed by atoms with van der Waals surface area (Å²) in [6.45, 7) is 1.87. The molecule has 1 amide bonds. The Morgan fingerprint density at radius 2 is 2.19 bits per heavy atom. The number of rotatable bonds is 6. The molecule has 0 aliphatic carbocycles. The first-order chi connectivity index (χ1) is 13.0. The summed E-state index contributed by atoms with van der Waals surface area (Å²) in [5, 5.41) is 2.06. The Kier molecular flexibility index (Phi) is 6.11. The molecule has 0 radical (unpaired) electrons. The van der Waals surface area contributed by atoms with Crippen LogP contribution in [0.4, 0.5) is 8.78 Å². The lowest BCUT2D eigenvalue weighted by molar-refractivity contribution is -0.128. The average Bonchev–Trinajstić information content (AvgIpc) is 3.11. The van der Waals surface area contributed by atoms with Gasteiger partial charge in [0.1, 0.15) is 0 Å². The highest BCUT2D eigenvalue weighted by atomic mass is 32.1. The lowest BCUT2D eigenvalue weighted by Crippen LogP contribution is -2.37. The number of fused-ring (bicyclic) bond motifs is 1. The number of hydrogen-bond acceptors (Lipinski definition) is 4. The van der Waals surface area contributed by atoms with Crippen LogP contribution < -0.4 is 9.47 Å². The van der Waals surface area contributed by atoms with E-state index in [2.05, 4.69) is 16.2 Å². The van der Waals surface area contributed by atoms with E-state index in [1.165, 1.54) is 22.6 Å². The van der Waals surface area contributed by atoms with Crippen molar-refractivity contribution in [2.75, 3.05) is 13.2 Å². The normalized spacial score (nSPS) is 16.6. The van der Waals surface area contributed by atoms with Gasteiger partial charge < -0.3 is 14.4 Å². The molecule has 27 heavy (non-hydrogen) atoms. The highest BCUT2D eigenvalue weighted by molar-refractivity contribution is 7.10. The second-order valence-electron chi connectivity index (χ2n) is 6.11. The number of thiophene rings is 1. The third-order valence-corrected chi connectivity index (χ3v) is 5.46. The summed E-state index contributed by atoms with van der Waals surface area (Å²) in [5.74, 6) is 0.122. The Morgan fingerprint density at radius 3 is 2.93 bits per heavy atom. The summed E-state index contributed by atoms with van der Waals surface area (Å²) in [5.41, 5.74) is 1.88. The maximum Gasteiger partial charge on any atom is 0.387 e. The molecule has 1 aromatic carbocycles. The first-order valence-corrected chi connectivity index (χ1v) is 9.64. The Hall–Kier alpha value is -2.41. The van der Waals surface area contributed by atoms with Crippen molar-refractivity contribution in [2.24, 2.45) is 0 Å². The van der Waals surface area contributed by atoms with Gasteiger partial charge in [-0.05, 0) is 61.1 Å². The smallest absolute Gasteiger partial charge is 0.387 e. The number of ether oxygens (including phenoxy) is 2. The molecule has 1 aliphatic heterocycles. The number of carbonyl (C=O) groups excluding carboxylic acids is 1.